The van der Waals surface area contributed by atoms with Crippen LogP contribution in [0, 0.1) is 0 Å². The van der Waals surface area contributed by atoms with E-state index in [1.807, 2.05) is 56.3 Å². The smallest absolute Gasteiger partial charge is 0.244 e. The first-order chi connectivity index (χ1) is 13.9. The summed E-state index contributed by atoms with van der Waals surface area (Å²) in [6, 6.07) is 13.4. The van der Waals surface area contributed by atoms with E-state index in [0.717, 1.165) is 17.5 Å². The van der Waals surface area contributed by atoms with Crippen LogP contribution in [0.2, 0.25) is 5.02 Å². The summed E-state index contributed by atoms with van der Waals surface area (Å²) in [5, 5.41) is 3.51. The molecule has 1 atom stereocenters. The Bertz CT molecular complexity index is 822. The number of carbonyl (C=O) groups is 1. The highest BCUT2D eigenvalue weighted by Crippen LogP contribution is 2.36. The minimum absolute atomic E-state index is 0.105. The lowest BCUT2D eigenvalue weighted by atomic mass is 10.1. The lowest BCUT2D eigenvalue weighted by Crippen LogP contribution is -2.34. The number of rotatable bonds is 10. The van der Waals surface area contributed by atoms with Crippen molar-refractivity contribution in [1.29, 1.82) is 0 Å². The van der Waals surface area contributed by atoms with E-state index in [2.05, 4.69) is 5.32 Å². The molecule has 0 saturated heterocycles. The van der Waals surface area contributed by atoms with Crippen LogP contribution in [-0.2, 0) is 4.79 Å². The largest absolute Gasteiger partial charge is 0.493 e. The number of hydrogen-bond donors (Lipinski definition) is 1. The Morgan fingerprint density at radius 3 is 2.59 bits per heavy atom. The van der Waals surface area contributed by atoms with Crippen LogP contribution in [0.5, 0.6) is 11.5 Å². The Kier molecular flexibility index (Phi) is 9.03. The highest BCUT2D eigenvalue weighted by Gasteiger charge is 2.15. The fourth-order valence-corrected chi connectivity index (χ4v) is 3.13. The van der Waals surface area contributed by atoms with Gasteiger partial charge in [0.2, 0.25) is 5.91 Å². The van der Waals surface area contributed by atoms with Crippen LogP contribution in [0.1, 0.15) is 30.5 Å². The first kappa shape index (κ1) is 22.8. The zero-order valence-electron chi connectivity index (χ0n) is 17.4. The van der Waals surface area contributed by atoms with Crippen LogP contribution < -0.4 is 14.8 Å². The summed E-state index contributed by atoms with van der Waals surface area (Å²) < 4.78 is 11.0. The molecule has 0 heterocycles. The molecule has 0 aliphatic carbocycles. The van der Waals surface area contributed by atoms with E-state index in [1.165, 1.54) is 6.08 Å². The lowest BCUT2D eigenvalue weighted by Gasteiger charge is -2.22. The molecule has 0 saturated carbocycles. The fourth-order valence-electron chi connectivity index (χ4n) is 2.86. The number of halogens is 1. The number of nitrogens with one attached hydrogen (secondary N) is 1. The Morgan fingerprint density at radius 2 is 1.97 bits per heavy atom. The molecule has 0 fully saturated rings. The minimum Gasteiger partial charge on any atom is -0.493 e. The van der Waals surface area contributed by atoms with Gasteiger partial charge in [0.05, 0.1) is 24.8 Å². The van der Waals surface area contributed by atoms with Crippen molar-refractivity contribution in [3.8, 4) is 11.5 Å². The Morgan fingerprint density at radius 1 is 1.24 bits per heavy atom. The first-order valence-corrected chi connectivity index (χ1v) is 10.0. The summed E-state index contributed by atoms with van der Waals surface area (Å²) in [6.45, 7) is 3.28. The summed E-state index contributed by atoms with van der Waals surface area (Å²) in [4.78, 5) is 14.6. The molecule has 2 aromatic rings. The Hall–Kier alpha value is -2.50. The molecule has 0 aromatic heterocycles. The van der Waals surface area contributed by atoms with Crippen LogP contribution in [0.15, 0.2) is 48.5 Å². The van der Waals surface area contributed by atoms with E-state index in [4.69, 9.17) is 21.1 Å². The summed E-state index contributed by atoms with van der Waals surface area (Å²) in [7, 11) is 5.53. The topological polar surface area (TPSA) is 50.8 Å². The van der Waals surface area contributed by atoms with E-state index in [1.54, 1.807) is 25.3 Å². The van der Waals surface area contributed by atoms with Crippen LogP contribution >= 0.6 is 11.6 Å². The average molecular weight is 417 g/mol. The zero-order valence-corrected chi connectivity index (χ0v) is 18.2. The van der Waals surface area contributed by atoms with Crippen molar-refractivity contribution in [1.82, 2.24) is 10.2 Å². The summed E-state index contributed by atoms with van der Waals surface area (Å²) in [5.74, 6) is 0.885. The predicted octanol–water partition coefficient (Wildman–Crippen LogP) is 4.57. The molecule has 5 nitrogen and oxygen atoms in total. The molecule has 0 bridgehead atoms. The maximum atomic E-state index is 12.5. The third-order valence-electron chi connectivity index (χ3n) is 4.20. The third kappa shape index (κ3) is 7.11. The van der Waals surface area contributed by atoms with Crippen LogP contribution in [-0.4, -0.2) is 45.2 Å². The zero-order chi connectivity index (χ0) is 21.2. The van der Waals surface area contributed by atoms with Crippen molar-refractivity contribution in [2.45, 2.75) is 19.4 Å². The van der Waals surface area contributed by atoms with Gasteiger partial charge >= 0.3 is 0 Å². The Labute approximate surface area is 178 Å². The lowest BCUT2D eigenvalue weighted by molar-refractivity contribution is -0.117. The van der Waals surface area contributed by atoms with Gasteiger partial charge in [0, 0.05) is 12.6 Å². The highest BCUT2D eigenvalue weighted by atomic mass is 35.5. The number of hydrogen-bond acceptors (Lipinski definition) is 4. The van der Waals surface area contributed by atoms with Gasteiger partial charge in [-0.1, -0.05) is 48.9 Å². The SMILES string of the molecule is CCCOc1c(Cl)cc(/C=C/C(=O)NC(CN(C)C)c2ccccc2)cc1OC. The highest BCUT2D eigenvalue weighted by molar-refractivity contribution is 6.32. The molecule has 0 radical (unpaired) electrons. The molecule has 1 amide bonds. The Balaban J connectivity index is 2.13. The molecule has 0 aliphatic rings. The maximum absolute atomic E-state index is 12.5. The second-order valence-corrected chi connectivity index (χ2v) is 7.36. The molecule has 2 aromatic carbocycles. The number of carbonyl (C=O) groups excluding carboxylic acids is 1. The van der Waals surface area contributed by atoms with Crippen LogP contribution in [0.3, 0.4) is 0 Å². The van der Waals surface area contributed by atoms with Gasteiger partial charge < -0.3 is 19.7 Å². The number of methoxy groups -OCH3 is 1. The van der Waals surface area contributed by atoms with Gasteiger partial charge in [0.1, 0.15) is 0 Å². The van der Waals surface area contributed by atoms with Crippen LogP contribution in [0.4, 0.5) is 0 Å². The standard InChI is InChI=1S/C23H29ClN2O3/c1-5-13-29-23-19(24)14-17(15-21(23)28-4)11-12-22(27)25-20(16-26(2)3)18-9-7-6-8-10-18/h6-12,14-15,20H,5,13,16H2,1-4H3,(H,25,27)/b12-11+. The third-order valence-corrected chi connectivity index (χ3v) is 4.48. The van der Waals surface area contributed by atoms with Crippen molar-refractivity contribution in [3.05, 3.63) is 64.7 Å². The van der Waals surface area contributed by atoms with Gasteiger partial charge in [-0.15, -0.1) is 0 Å². The molecular weight excluding hydrogens is 388 g/mol. The number of amides is 1. The molecule has 1 unspecified atom stereocenters. The normalized spacial score (nSPS) is 12.2. The van der Waals surface area contributed by atoms with Gasteiger partial charge in [0.25, 0.3) is 0 Å². The van der Waals surface area contributed by atoms with E-state index >= 15 is 0 Å². The summed E-state index contributed by atoms with van der Waals surface area (Å²) in [6.07, 6.45) is 4.09. The maximum Gasteiger partial charge on any atom is 0.244 e. The molecular formula is C23H29ClN2O3. The van der Waals surface area contributed by atoms with Crippen LogP contribution in [0.25, 0.3) is 6.08 Å². The van der Waals surface area contributed by atoms with E-state index in [0.29, 0.717) is 29.7 Å². The first-order valence-electron chi connectivity index (χ1n) is 9.63. The van der Waals surface area contributed by atoms with Crippen molar-refractivity contribution in [3.63, 3.8) is 0 Å². The quantitative estimate of drug-likeness (QED) is 0.576. The van der Waals surface area contributed by atoms with E-state index < -0.39 is 0 Å². The molecule has 0 aliphatic heterocycles. The van der Waals surface area contributed by atoms with Gasteiger partial charge in [-0.05, 0) is 49.9 Å². The summed E-state index contributed by atoms with van der Waals surface area (Å²) >= 11 is 6.34. The molecule has 6 heteroatoms. The van der Waals surface area contributed by atoms with Gasteiger partial charge in [-0.2, -0.15) is 0 Å². The minimum atomic E-state index is -0.179. The number of nitrogens with zero attached hydrogens (tertiary/aromatic N) is 1. The van der Waals surface area contributed by atoms with E-state index in [9.17, 15) is 4.79 Å². The predicted molar refractivity (Wildman–Crippen MR) is 119 cm³/mol. The van der Waals surface area contributed by atoms with Gasteiger partial charge in [0.15, 0.2) is 11.5 Å². The fraction of sp³-hybridized carbons (Fsp3) is 0.348. The summed E-state index contributed by atoms with van der Waals surface area (Å²) in [5.41, 5.74) is 1.82. The van der Waals surface area contributed by atoms with Crippen molar-refractivity contribution >= 4 is 23.6 Å². The molecule has 0 spiro atoms. The number of likely N-dealkylation sites (N-methyl/N-ethyl adjacent to an activating group) is 1. The molecule has 1 N–H and O–H groups in total. The number of ether oxygens (including phenoxy) is 2. The van der Waals surface area contributed by atoms with Crippen molar-refractivity contribution in [2.24, 2.45) is 0 Å². The van der Waals surface area contributed by atoms with Crippen molar-refractivity contribution in [2.75, 3.05) is 34.4 Å². The van der Waals surface area contributed by atoms with Gasteiger partial charge in [-0.25, -0.2) is 0 Å². The van der Waals surface area contributed by atoms with E-state index in [-0.39, 0.29) is 11.9 Å². The average Bonchev–Trinajstić information content (AvgIpc) is 2.71. The second-order valence-electron chi connectivity index (χ2n) is 6.95. The molecule has 29 heavy (non-hydrogen) atoms. The van der Waals surface area contributed by atoms with Gasteiger partial charge in [-0.3, -0.25) is 4.79 Å². The molecule has 2 rings (SSSR count). The number of benzene rings is 2. The second kappa shape index (κ2) is 11.5. The molecule has 156 valence electrons. The van der Waals surface area contributed by atoms with Crippen molar-refractivity contribution < 1.29 is 14.3 Å². The monoisotopic (exact) mass is 416 g/mol.